The van der Waals surface area contributed by atoms with E-state index >= 15 is 0 Å². The molecule has 1 saturated heterocycles. The standard InChI is InChI=1S/C12H16NOS/c1-2-14-11-5-3-10(4-6-11)12-9-15-8-7-13-12/h3-6,9,12-13H,2,7-8H2,1H3. The molecule has 1 aromatic carbocycles. The maximum atomic E-state index is 5.41. The molecular formula is C12H16NOS. The van der Waals surface area contributed by atoms with Gasteiger partial charge in [-0.15, -0.1) is 0 Å². The van der Waals surface area contributed by atoms with Crippen LogP contribution >= 0.6 is 11.8 Å². The second-order valence-corrected chi connectivity index (χ2v) is 4.45. The molecule has 1 atom stereocenters. The highest BCUT2D eigenvalue weighted by atomic mass is 32.2. The fourth-order valence-corrected chi connectivity index (χ4v) is 2.44. The van der Waals surface area contributed by atoms with Crippen LogP contribution in [0.15, 0.2) is 24.3 Å². The smallest absolute Gasteiger partial charge is 0.119 e. The van der Waals surface area contributed by atoms with Crippen LogP contribution in [0.5, 0.6) is 5.75 Å². The normalized spacial score (nSPS) is 21.3. The van der Waals surface area contributed by atoms with Gasteiger partial charge in [0.25, 0.3) is 0 Å². The van der Waals surface area contributed by atoms with Gasteiger partial charge in [-0.1, -0.05) is 12.1 Å². The fraction of sp³-hybridized carbons (Fsp3) is 0.417. The summed E-state index contributed by atoms with van der Waals surface area (Å²) in [6, 6.07) is 8.72. The van der Waals surface area contributed by atoms with Gasteiger partial charge in [0.05, 0.1) is 6.61 Å². The second kappa shape index (κ2) is 5.42. The lowest BCUT2D eigenvalue weighted by atomic mass is 10.1. The summed E-state index contributed by atoms with van der Waals surface area (Å²) < 4.78 is 5.41. The van der Waals surface area contributed by atoms with E-state index in [4.69, 9.17) is 4.74 Å². The van der Waals surface area contributed by atoms with Crippen molar-refractivity contribution in [3.63, 3.8) is 0 Å². The molecular weight excluding hydrogens is 206 g/mol. The number of thioether (sulfide) groups is 1. The zero-order valence-electron chi connectivity index (χ0n) is 8.90. The van der Waals surface area contributed by atoms with Gasteiger partial charge in [0.15, 0.2) is 0 Å². The van der Waals surface area contributed by atoms with Gasteiger partial charge in [-0.2, -0.15) is 11.8 Å². The maximum Gasteiger partial charge on any atom is 0.119 e. The predicted molar refractivity (Wildman–Crippen MR) is 65.1 cm³/mol. The van der Waals surface area contributed by atoms with Gasteiger partial charge in [-0.25, -0.2) is 0 Å². The van der Waals surface area contributed by atoms with Gasteiger partial charge < -0.3 is 10.1 Å². The van der Waals surface area contributed by atoms with E-state index < -0.39 is 0 Å². The zero-order valence-corrected chi connectivity index (χ0v) is 9.72. The monoisotopic (exact) mass is 222 g/mol. The van der Waals surface area contributed by atoms with Crippen LogP contribution in [0.25, 0.3) is 0 Å². The third kappa shape index (κ3) is 2.89. The lowest BCUT2D eigenvalue weighted by Gasteiger charge is -2.23. The number of hydrogen-bond donors (Lipinski definition) is 1. The van der Waals surface area contributed by atoms with Gasteiger partial charge in [-0.3, -0.25) is 0 Å². The first-order valence-corrected chi connectivity index (χ1v) is 6.36. The minimum Gasteiger partial charge on any atom is -0.494 e. The molecule has 81 valence electrons. The molecule has 0 bridgehead atoms. The average molecular weight is 222 g/mol. The van der Waals surface area contributed by atoms with Crippen molar-refractivity contribution in [3.8, 4) is 5.75 Å². The highest BCUT2D eigenvalue weighted by Gasteiger charge is 2.14. The quantitative estimate of drug-likeness (QED) is 0.849. The van der Waals surface area contributed by atoms with E-state index in [0.29, 0.717) is 6.04 Å². The molecule has 0 saturated carbocycles. The molecule has 0 aromatic heterocycles. The van der Waals surface area contributed by atoms with Crippen molar-refractivity contribution in [2.45, 2.75) is 13.0 Å². The Hall–Kier alpha value is -0.670. The highest BCUT2D eigenvalue weighted by Crippen LogP contribution is 2.27. The third-order valence-corrected chi connectivity index (χ3v) is 3.27. The van der Waals surface area contributed by atoms with Crippen LogP contribution in [0.2, 0.25) is 0 Å². The molecule has 1 radical (unpaired) electrons. The Kier molecular flexibility index (Phi) is 3.92. The van der Waals surface area contributed by atoms with Crippen LogP contribution in [0.4, 0.5) is 0 Å². The van der Waals surface area contributed by atoms with Crippen LogP contribution in [-0.4, -0.2) is 18.9 Å². The maximum absolute atomic E-state index is 5.41. The summed E-state index contributed by atoms with van der Waals surface area (Å²) in [7, 11) is 0. The summed E-state index contributed by atoms with van der Waals surface area (Å²) in [6.07, 6.45) is 0. The van der Waals surface area contributed by atoms with Crippen LogP contribution in [-0.2, 0) is 0 Å². The predicted octanol–water partition coefficient (Wildman–Crippen LogP) is 2.62. The highest BCUT2D eigenvalue weighted by molar-refractivity contribution is 8.01. The topological polar surface area (TPSA) is 21.3 Å². The summed E-state index contributed by atoms with van der Waals surface area (Å²) in [6.45, 7) is 3.81. The Labute approximate surface area is 95.4 Å². The second-order valence-electron chi connectivity index (χ2n) is 3.44. The van der Waals surface area contributed by atoms with Crippen molar-refractivity contribution in [2.24, 2.45) is 0 Å². The SMILES string of the molecule is CCOc1ccc(C2[CH]SCCN2)cc1. The number of rotatable bonds is 3. The molecule has 0 aliphatic carbocycles. The molecule has 1 fully saturated rings. The van der Waals surface area contributed by atoms with E-state index in [0.717, 1.165) is 18.9 Å². The van der Waals surface area contributed by atoms with E-state index in [1.54, 1.807) is 0 Å². The fourth-order valence-electron chi connectivity index (χ4n) is 1.62. The first-order valence-electron chi connectivity index (χ1n) is 5.31. The van der Waals surface area contributed by atoms with Gasteiger partial charge in [0, 0.05) is 24.1 Å². The van der Waals surface area contributed by atoms with Crippen molar-refractivity contribution in [1.29, 1.82) is 0 Å². The first-order chi connectivity index (χ1) is 7.40. The summed E-state index contributed by atoms with van der Waals surface area (Å²) >= 11 is 1.89. The Bertz CT molecular complexity index is 293. The molecule has 3 heteroatoms. The molecule has 1 aliphatic heterocycles. The number of hydrogen-bond acceptors (Lipinski definition) is 3. The molecule has 1 aromatic rings. The molecule has 15 heavy (non-hydrogen) atoms. The molecule has 2 rings (SSSR count). The molecule has 0 amide bonds. The van der Waals surface area contributed by atoms with E-state index in [2.05, 4.69) is 23.2 Å². The summed E-state index contributed by atoms with van der Waals surface area (Å²) in [5.41, 5.74) is 1.31. The van der Waals surface area contributed by atoms with E-state index in [9.17, 15) is 0 Å². The Morgan fingerprint density at radius 1 is 1.40 bits per heavy atom. The van der Waals surface area contributed by atoms with Crippen LogP contribution in [0, 0.1) is 5.75 Å². The number of nitrogens with one attached hydrogen (secondary N) is 1. The van der Waals surface area contributed by atoms with Crippen LogP contribution in [0.1, 0.15) is 18.5 Å². The van der Waals surface area contributed by atoms with Crippen molar-refractivity contribution < 1.29 is 4.74 Å². The molecule has 1 unspecified atom stereocenters. The summed E-state index contributed by atoms with van der Waals surface area (Å²) in [5.74, 6) is 4.39. The minimum absolute atomic E-state index is 0.388. The lowest BCUT2D eigenvalue weighted by molar-refractivity contribution is 0.340. The van der Waals surface area contributed by atoms with Crippen molar-refractivity contribution >= 4 is 11.8 Å². The van der Waals surface area contributed by atoms with Gasteiger partial charge in [-0.05, 0) is 24.6 Å². The van der Waals surface area contributed by atoms with E-state index in [-0.39, 0.29) is 0 Å². The Balaban J connectivity index is 2.02. The molecule has 1 heterocycles. The van der Waals surface area contributed by atoms with Crippen molar-refractivity contribution in [3.05, 3.63) is 35.6 Å². The van der Waals surface area contributed by atoms with Crippen molar-refractivity contribution in [1.82, 2.24) is 5.32 Å². The molecule has 1 N–H and O–H groups in total. The van der Waals surface area contributed by atoms with Crippen LogP contribution in [0.3, 0.4) is 0 Å². The molecule has 0 spiro atoms. The third-order valence-electron chi connectivity index (χ3n) is 2.37. The number of benzene rings is 1. The molecule has 2 nitrogen and oxygen atoms in total. The van der Waals surface area contributed by atoms with Gasteiger partial charge in [0.2, 0.25) is 0 Å². The van der Waals surface area contributed by atoms with Gasteiger partial charge in [0.1, 0.15) is 5.75 Å². The number of ether oxygens (including phenoxy) is 1. The first kappa shape index (κ1) is 10.8. The summed E-state index contributed by atoms with van der Waals surface area (Å²) in [5, 5.41) is 3.47. The van der Waals surface area contributed by atoms with Crippen LogP contribution < -0.4 is 10.1 Å². The zero-order chi connectivity index (χ0) is 10.5. The average Bonchev–Trinajstić information content (AvgIpc) is 2.32. The van der Waals surface area contributed by atoms with E-state index in [1.165, 1.54) is 11.3 Å². The molecule has 1 aliphatic rings. The lowest BCUT2D eigenvalue weighted by Crippen LogP contribution is -2.27. The Morgan fingerprint density at radius 2 is 2.20 bits per heavy atom. The van der Waals surface area contributed by atoms with Gasteiger partial charge >= 0.3 is 0 Å². The van der Waals surface area contributed by atoms with E-state index in [1.807, 2.05) is 30.8 Å². The van der Waals surface area contributed by atoms with Crippen molar-refractivity contribution in [2.75, 3.05) is 18.9 Å². The minimum atomic E-state index is 0.388. The Morgan fingerprint density at radius 3 is 2.80 bits per heavy atom. The summed E-state index contributed by atoms with van der Waals surface area (Å²) in [4.78, 5) is 0. The largest absolute Gasteiger partial charge is 0.494 e.